The Bertz CT molecular complexity index is 847. The number of carbonyl (C=O) groups excluding carboxylic acids is 4. The molecule has 0 saturated carbocycles. The molecule has 0 saturated heterocycles. The van der Waals surface area contributed by atoms with Crippen LogP contribution in [0.3, 0.4) is 0 Å². The summed E-state index contributed by atoms with van der Waals surface area (Å²) in [6.45, 7) is 2.73. The maximum Gasteiger partial charge on any atom is 0.358 e. The van der Waals surface area contributed by atoms with Gasteiger partial charge in [0.1, 0.15) is 0 Å². The lowest BCUT2D eigenvalue weighted by atomic mass is 10.2. The van der Waals surface area contributed by atoms with Crippen molar-refractivity contribution in [2.75, 3.05) is 10.6 Å². The van der Waals surface area contributed by atoms with Gasteiger partial charge in [-0.05, 0) is 31.2 Å². The monoisotopic (exact) mass is 376 g/mol. The number of anilines is 2. The Morgan fingerprint density at radius 2 is 1.81 bits per heavy atom. The van der Waals surface area contributed by atoms with E-state index in [4.69, 9.17) is 10.5 Å². The van der Waals surface area contributed by atoms with Crippen LogP contribution >= 0.6 is 11.3 Å². The van der Waals surface area contributed by atoms with Crippen LogP contribution in [0.15, 0.2) is 29.6 Å². The van der Waals surface area contributed by atoms with Crippen molar-refractivity contribution in [1.29, 1.82) is 0 Å². The van der Waals surface area contributed by atoms with E-state index in [2.05, 4.69) is 15.6 Å². The third-order valence-electron chi connectivity index (χ3n) is 3.09. The fourth-order valence-electron chi connectivity index (χ4n) is 1.81. The predicted molar refractivity (Wildman–Crippen MR) is 94.9 cm³/mol. The van der Waals surface area contributed by atoms with Crippen molar-refractivity contribution in [3.8, 4) is 0 Å². The third-order valence-corrected chi connectivity index (χ3v) is 3.84. The number of benzene rings is 1. The first-order valence-electron chi connectivity index (χ1n) is 7.41. The molecule has 1 aromatic carbocycles. The Morgan fingerprint density at radius 1 is 1.15 bits per heavy atom. The molecule has 0 radical (unpaired) electrons. The van der Waals surface area contributed by atoms with E-state index in [1.54, 1.807) is 0 Å². The first-order chi connectivity index (χ1) is 12.3. The number of carbonyl (C=O) groups is 4. The quantitative estimate of drug-likeness (QED) is 0.651. The molecule has 0 fully saturated rings. The lowest BCUT2D eigenvalue weighted by molar-refractivity contribution is -0.123. The fraction of sp³-hybridized carbons (Fsp3) is 0.188. The highest BCUT2D eigenvalue weighted by Gasteiger charge is 2.21. The average molecular weight is 376 g/mol. The lowest BCUT2D eigenvalue weighted by Gasteiger charge is -2.13. The van der Waals surface area contributed by atoms with Crippen molar-refractivity contribution >= 4 is 45.8 Å². The maximum atomic E-state index is 12.1. The zero-order chi connectivity index (χ0) is 19.3. The molecule has 0 aliphatic carbocycles. The molecule has 26 heavy (non-hydrogen) atoms. The molecule has 10 heteroatoms. The first kappa shape index (κ1) is 19.1. The van der Waals surface area contributed by atoms with Crippen molar-refractivity contribution in [3.05, 3.63) is 40.9 Å². The van der Waals surface area contributed by atoms with E-state index in [0.717, 1.165) is 11.3 Å². The van der Waals surface area contributed by atoms with E-state index in [1.807, 2.05) is 0 Å². The van der Waals surface area contributed by atoms with E-state index in [9.17, 15) is 19.2 Å². The predicted octanol–water partition coefficient (Wildman–Crippen LogP) is 1.38. The van der Waals surface area contributed by atoms with Crippen molar-refractivity contribution in [2.24, 2.45) is 5.73 Å². The summed E-state index contributed by atoms with van der Waals surface area (Å²) in [5, 5.41) is 6.68. The molecule has 1 aromatic heterocycles. The van der Waals surface area contributed by atoms with Crippen LogP contribution in [0.1, 0.15) is 34.7 Å². The number of hydrogen-bond acceptors (Lipinski definition) is 7. The summed E-state index contributed by atoms with van der Waals surface area (Å²) in [7, 11) is 0. The summed E-state index contributed by atoms with van der Waals surface area (Å²) >= 11 is 1.07. The van der Waals surface area contributed by atoms with Gasteiger partial charge in [-0.2, -0.15) is 0 Å². The smallest absolute Gasteiger partial charge is 0.358 e. The first-order valence-corrected chi connectivity index (χ1v) is 8.29. The number of nitrogens with one attached hydrogen (secondary N) is 2. The minimum atomic E-state index is -1.08. The number of nitrogens with two attached hydrogens (primary N) is 1. The second kappa shape index (κ2) is 8.21. The highest BCUT2D eigenvalue weighted by molar-refractivity contribution is 7.14. The van der Waals surface area contributed by atoms with Gasteiger partial charge in [-0.25, -0.2) is 9.78 Å². The van der Waals surface area contributed by atoms with Crippen molar-refractivity contribution in [2.45, 2.75) is 20.0 Å². The summed E-state index contributed by atoms with van der Waals surface area (Å²) in [5.74, 6) is -2.23. The number of thiazole rings is 1. The van der Waals surface area contributed by atoms with Crippen LogP contribution in [-0.4, -0.2) is 34.8 Å². The molecule has 9 nitrogen and oxygen atoms in total. The van der Waals surface area contributed by atoms with Crippen LogP contribution in [0.25, 0.3) is 0 Å². The molecular weight excluding hydrogens is 360 g/mol. The minimum Gasteiger partial charge on any atom is -0.448 e. The highest BCUT2D eigenvalue weighted by Crippen LogP contribution is 2.17. The van der Waals surface area contributed by atoms with Crippen molar-refractivity contribution < 1.29 is 23.9 Å². The number of ether oxygens (including phenoxy) is 1. The van der Waals surface area contributed by atoms with Crippen LogP contribution < -0.4 is 16.4 Å². The minimum absolute atomic E-state index is 0.00999. The number of amides is 3. The van der Waals surface area contributed by atoms with E-state index in [0.29, 0.717) is 11.3 Å². The number of primary amides is 1. The highest BCUT2D eigenvalue weighted by atomic mass is 32.1. The number of esters is 1. The lowest BCUT2D eigenvalue weighted by Crippen LogP contribution is -2.30. The SMILES string of the molecule is CC(=O)Nc1nc(C(=O)OC(C)C(=O)Nc2ccc(C(N)=O)cc2)cs1. The fourth-order valence-corrected chi connectivity index (χ4v) is 2.54. The van der Waals surface area contributed by atoms with E-state index >= 15 is 0 Å². The van der Waals surface area contributed by atoms with Crippen molar-refractivity contribution in [1.82, 2.24) is 4.98 Å². The van der Waals surface area contributed by atoms with E-state index in [-0.39, 0.29) is 16.7 Å². The summed E-state index contributed by atoms with van der Waals surface area (Å²) in [6, 6.07) is 5.94. The number of nitrogens with zero attached hydrogens (tertiary/aromatic N) is 1. The maximum absolute atomic E-state index is 12.1. The van der Waals surface area contributed by atoms with Crippen molar-refractivity contribution in [3.63, 3.8) is 0 Å². The molecule has 3 amide bonds. The molecule has 0 aliphatic rings. The van der Waals surface area contributed by atoms with Gasteiger partial charge in [0.2, 0.25) is 11.8 Å². The van der Waals surface area contributed by atoms with E-state index in [1.165, 1.54) is 43.5 Å². The molecule has 2 rings (SSSR count). The Labute approximate surface area is 152 Å². The van der Waals surface area contributed by atoms with Gasteiger partial charge in [0.25, 0.3) is 5.91 Å². The summed E-state index contributed by atoms with van der Waals surface area (Å²) in [6.07, 6.45) is -1.08. The number of hydrogen-bond donors (Lipinski definition) is 3. The largest absolute Gasteiger partial charge is 0.448 e. The normalized spacial score (nSPS) is 11.3. The molecule has 4 N–H and O–H groups in total. The summed E-state index contributed by atoms with van der Waals surface area (Å²) in [4.78, 5) is 50.0. The molecule has 2 aromatic rings. The van der Waals surface area contributed by atoms with Crippen LogP contribution in [-0.2, 0) is 14.3 Å². The molecule has 1 heterocycles. The van der Waals surface area contributed by atoms with Gasteiger partial charge in [-0.1, -0.05) is 0 Å². The molecule has 136 valence electrons. The Morgan fingerprint density at radius 3 is 2.38 bits per heavy atom. The van der Waals surface area contributed by atoms with Gasteiger partial charge >= 0.3 is 5.97 Å². The molecule has 0 bridgehead atoms. The van der Waals surface area contributed by atoms with Gasteiger partial charge < -0.3 is 21.1 Å². The van der Waals surface area contributed by atoms with E-state index < -0.39 is 23.9 Å². The van der Waals surface area contributed by atoms with Crippen LogP contribution in [0, 0.1) is 0 Å². The summed E-state index contributed by atoms with van der Waals surface area (Å²) < 4.78 is 5.06. The second-order valence-electron chi connectivity index (χ2n) is 5.20. The Balaban J connectivity index is 1.93. The molecule has 0 aliphatic heterocycles. The standard InChI is InChI=1S/C16H16N4O5S/c1-8(14(23)19-11-5-3-10(4-6-11)13(17)22)25-15(24)12-7-26-16(20-12)18-9(2)21/h3-8H,1-2H3,(H2,17,22)(H,19,23)(H,18,20,21). The van der Waals surface area contributed by atoms with Crippen LogP contribution in [0.2, 0.25) is 0 Å². The molecule has 1 atom stereocenters. The van der Waals surface area contributed by atoms with Gasteiger partial charge in [0, 0.05) is 23.6 Å². The van der Waals surface area contributed by atoms with Gasteiger partial charge in [-0.15, -0.1) is 11.3 Å². The number of rotatable bonds is 6. The zero-order valence-electron chi connectivity index (χ0n) is 13.9. The summed E-state index contributed by atoms with van der Waals surface area (Å²) in [5.41, 5.74) is 5.86. The molecule has 0 spiro atoms. The topological polar surface area (TPSA) is 140 Å². The average Bonchev–Trinajstić information content (AvgIpc) is 3.03. The van der Waals surface area contributed by atoms with Gasteiger partial charge in [-0.3, -0.25) is 14.4 Å². The Hall–Kier alpha value is -3.27. The second-order valence-corrected chi connectivity index (χ2v) is 6.06. The molecule has 1 unspecified atom stereocenters. The third kappa shape index (κ3) is 5.11. The molecular formula is C16H16N4O5S. The zero-order valence-corrected chi connectivity index (χ0v) is 14.8. The van der Waals surface area contributed by atoms with Gasteiger partial charge in [0.15, 0.2) is 16.9 Å². The number of aromatic nitrogens is 1. The Kier molecular flexibility index (Phi) is 6.02. The van der Waals surface area contributed by atoms with Gasteiger partial charge in [0.05, 0.1) is 0 Å². The van der Waals surface area contributed by atoms with Crippen LogP contribution in [0.4, 0.5) is 10.8 Å². The van der Waals surface area contributed by atoms with Crippen LogP contribution in [0.5, 0.6) is 0 Å².